The number of benzene rings is 2. The molecule has 0 saturated carbocycles. The fourth-order valence-corrected chi connectivity index (χ4v) is 5.52. The normalized spacial score (nSPS) is 14.1. The molecule has 0 aliphatic carbocycles. The van der Waals surface area contributed by atoms with E-state index < -0.39 is 0 Å². The third kappa shape index (κ3) is 5.84. The van der Waals surface area contributed by atoms with Crippen LogP contribution in [-0.2, 0) is 4.74 Å². The summed E-state index contributed by atoms with van der Waals surface area (Å²) < 4.78 is 13.3. The number of aromatic nitrogens is 3. The highest BCUT2D eigenvalue weighted by molar-refractivity contribution is 7.23. The number of fused-ring (bicyclic) bond motifs is 3. The molecule has 4 heterocycles. The van der Waals surface area contributed by atoms with Gasteiger partial charge in [0.05, 0.1) is 24.4 Å². The molecule has 11 heteroatoms. The standard InChI is InChI=1S/C28H27ClN6O3S/c1-18-16-21(6-7-22(18)29)31-27(36)30-20-4-2-19(3-5-20)23-17-35-24-8-9-25(33-26(24)39-28(35)32-23)38-15-12-34-10-13-37-14-11-34/h2-9,16-17H,10-15H2,1H3,(H2,30,31,36). The van der Waals surface area contributed by atoms with Crippen LogP contribution < -0.4 is 15.4 Å². The minimum Gasteiger partial charge on any atom is -0.476 e. The maximum absolute atomic E-state index is 12.4. The van der Waals surface area contributed by atoms with Crippen LogP contribution in [0.4, 0.5) is 16.2 Å². The average molecular weight is 563 g/mol. The lowest BCUT2D eigenvalue weighted by Crippen LogP contribution is -2.38. The largest absolute Gasteiger partial charge is 0.476 e. The van der Waals surface area contributed by atoms with E-state index in [0.717, 1.165) is 65.0 Å². The maximum atomic E-state index is 12.4. The van der Waals surface area contributed by atoms with Gasteiger partial charge < -0.3 is 20.1 Å². The molecule has 2 aromatic carbocycles. The van der Waals surface area contributed by atoms with E-state index in [2.05, 4.69) is 20.5 Å². The molecule has 1 saturated heterocycles. The average Bonchev–Trinajstić information content (AvgIpc) is 3.50. The zero-order valence-corrected chi connectivity index (χ0v) is 22.9. The molecule has 9 nitrogen and oxygen atoms in total. The number of hydrogen-bond donors (Lipinski definition) is 2. The predicted molar refractivity (Wildman–Crippen MR) is 155 cm³/mol. The molecule has 0 bridgehead atoms. The van der Waals surface area contributed by atoms with E-state index in [1.807, 2.05) is 60.0 Å². The molecule has 1 aliphatic rings. The first-order valence-corrected chi connectivity index (χ1v) is 13.9. The highest BCUT2D eigenvalue weighted by atomic mass is 35.5. The molecule has 1 aliphatic heterocycles. The summed E-state index contributed by atoms with van der Waals surface area (Å²) in [5.74, 6) is 0.624. The van der Waals surface area contributed by atoms with E-state index in [9.17, 15) is 4.79 Å². The quantitative estimate of drug-likeness (QED) is 0.255. The lowest BCUT2D eigenvalue weighted by atomic mass is 10.1. The van der Waals surface area contributed by atoms with Crippen LogP contribution in [0, 0.1) is 6.92 Å². The second-order valence-electron chi connectivity index (χ2n) is 9.28. The summed E-state index contributed by atoms with van der Waals surface area (Å²) in [5, 5.41) is 6.33. The first-order valence-electron chi connectivity index (χ1n) is 12.7. The Kier molecular flexibility index (Phi) is 7.34. The van der Waals surface area contributed by atoms with Crippen LogP contribution in [0.15, 0.2) is 60.8 Å². The Balaban J connectivity index is 1.09. The SMILES string of the molecule is Cc1cc(NC(=O)Nc2ccc(-c3cn4c(n3)sc3nc(OCCN5CCOCC5)ccc34)cc2)ccc1Cl. The molecule has 200 valence electrons. The molecular formula is C28H27ClN6O3S. The molecule has 0 spiro atoms. The number of nitrogens with one attached hydrogen (secondary N) is 2. The lowest BCUT2D eigenvalue weighted by Gasteiger charge is -2.26. The van der Waals surface area contributed by atoms with Gasteiger partial charge in [0.2, 0.25) is 5.88 Å². The Morgan fingerprint density at radius 2 is 1.82 bits per heavy atom. The lowest BCUT2D eigenvalue weighted by molar-refractivity contribution is 0.0320. The Hall–Kier alpha value is -3.70. The van der Waals surface area contributed by atoms with Crippen molar-refractivity contribution in [2.45, 2.75) is 6.92 Å². The monoisotopic (exact) mass is 562 g/mol. The number of thiazole rings is 1. The number of imidazole rings is 1. The van der Waals surface area contributed by atoms with Crippen molar-refractivity contribution in [3.63, 3.8) is 0 Å². The fraction of sp³-hybridized carbons (Fsp3) is 0.250. The summed E-state index contributed by atoms with van der Waals surface area (Å²) in [6.45, 7) is 6.80. The highest BCUT2D eigenvalue weighted by Gasteiger charge is 2.14. The van der Waals surface area contributed by atoms with Gasteiger partial charge >= 0.3 is 6.03 Å². The van der Waals surface area contributed by atoms with Gasteiger partial charge in [-0.3, -0.25) is 9.30 Å². The van der Waals surface area contributed by atoms with Gasteiger partial charge in [0, 0.05) is 53.9 Å². The maximum Gasteiger partial charge on any atom is 0.323 e. The molecule has 2 amide bonds. The van der Waals surface area contributed by atoms with Gasteiger partial charge in [-0.15, -0.1) is 0 Å². The summed E-state index contributed by atoms with van der Waals surface area (Å²) in [7, 11) is 0. The van der Waals surface area contributed by atoms with Gasteiger partial charge in [-0.1, -0.05) is 35.1 Å². The number of hydrogen-bond acceptors (Lipinski definition) is 7. The number of carbonyl (C=O) groups excluding carboxylic acids is 1. The van der Waals surface area contributed by atoms with Crippen molar-refractivity contribution in [3.05, 3.63) is 71.4 Å². The number of anilines is 2. The second-order valence-corrected chi connectivity index (χ2v) is 10.6. The number of rotatable bonds is 7. The van der Waals surface area contributed by atoms with Crippen molar-refractivity contribution in [1.82, 2.24) is 19.3 Å². The molecule has 6 rings (SSSR count). The molecule has 0 unspecified atom stereocenters. The Labute approximate surface area is 234 Å². The first kappa shape index (κ1) is 25.6. The predicted octanol–water partition coefficient (Wildman–Crippen LogP) is 5.93. The Morgan fingerprint density at radius 1 is 1.05 bits per heavy atom. The smallest absolute Gasteiger partial charge is 0.323 e. The summed E-state index contributed by atoms with van der Waals surface area (Å²) >= 11 is 7.59. The van der Waals surface area contributed by atoms with Crippen LogP contribution in [-0.4, -0.2) is 64.8 Å². The van der Waals surface area contributed by atoms with E-state index >= 15 is 0 Å². The summed E-state index contributed by atoms with van der Waals surface area (Å²) in [4.78, 5) is 26.0. The third-order valence-corrected chi connectivity index (χ3v) is 7.94. The number of nitrogens with zero attached hydrogens (tertiary/aromatic N) is 4. The minimum absolute atomic E-state index is 0.324. The first-order chi connectivity index (χ1) is 19.0. The van der Waals surface area contributed by atoms with E-state index in [0.29, 0.717) is 28.9 Å². The fourth-order valence-electron chi connectivity index (χ4n) is 4.43. The number of ether oxygens (including phenoxy) is 2. The van der Waals surface area contributed by atoms with Crippen molar-refractivity contribution in [2.75, 3.05) is 50.1 Å². The molecule has 39 heavy (non-hydrogen) atoms. The summed E-state index contributed by atoms with van der Waals surface area (Å²) in [6.07, 6.45) is 2.01. The molecule has 1 fully saturated rings. The van der Waals surface area contributed by atoms with Gasteiger partial charge in [0.25, 0.3) is 0 Å². The number of amides is 2. The zero-order valence-electron chi connectivity index (χ0n) is 21.3. The van der Waals surface area contributed by atoms with Crippen LogP contribution in [0.25, 0.3) is 26.6 Å². The molecular weight excluding hydrogens is 536 g/mol. The third-order valence-electron chi connectivity index (χ3n) is 6.55. The van der Waals surface area contributed by atoms with Crippen LogP contribution >= 0.6 is 22.9 Å². The van der Waals surface area contributed by atoms with Crippen molar-refractivity contribution in [1.29, 1.82) is 0 Å². The van der Waals surface area contributed by atoms with E-state index in [1.165, 1.54) is 11.3 Å². The number of pyridine rings is 1. The molecule has 2 N–H and O–H groups in total. The number of aryl methyl sites for hydroxylation is 1. The number of halogens is 1. The molecule has 3 aromatic heterocycles. The van der Waals surface area contributed by atoms with Crippen LogP contribution in [0.1, 0.15) is 5.56 Å². The van der Waals surface area contributed by atoms with Crippen molar-refractivity contribution in [3.8, 4) is 17.1 Å². The van der Waals surface area contributed by atoms with Gasteiger partial charge in [-0.25, -0.2) is 14.8 Å². The van der Waals surface area contributed by atoms with Crippen molar-refractivity contribution in [2.24, 2.45) is 0 Å². The van der Waals surface area contributed by atoms with Crippen LogP contribution in [0.5, 0.6) is 5.88 Å². The molecule has 5 aromatic rings. The van der Waals surface area contributed by atoms with E-state index in [1.54, 1.807) is 12.1 Å². The van der Waals surface area contributed by atoms with Crippen molar-refractivity contribution < 1.29 is 14.3 Å². The van der Waals surface area contributed by atoms with Crippen LogP contribution in [0.3, 0.4) is 0 Å². The van der Waals surface area contributed by atoms with Crippen molar-refractivity contribution >= 4 is 55.7 Å². The van der Waals surface area contributed by atoms with E-state index in [4.69, 9.17) is 26.1 Å². The van der Waals surface area contributed by atoms with Gasteiger partial charge in [0.1, 0.15) is 11.4 Å². The van der Waals surface area contributed by atoms with Gasteiger partial charge in [-0.05, 0) is 48.9 Å². The number of urea groups is 1. The Morgan fingerprint density at radius 3 is 2.62 bits per heavy atom. The molecule has 0 radical (unpaired) electrons. The van der Waals surface area contributed by atoms with E-state index in [-0.39, 0.29) is 6.03 Å². The number of carbonyl (C=O) groups is 1. The second kappa shape index (κ2) is 11.2. The zero-order chi connectivity index (χ0) is 26.8. The minimum atomic E-state index is -0.324. The summed E-state index contributed by atoms with van der Waals surface area (Å²) in [6, 6.07) is 16.6. The molecule has 0 atom stereocenters. The van der Waals surface area contributed by atoms with Gasteiger partial charge in [0.15, 0.2) is 4.96 Å². The summed E-state index contributed by atoms with van der Waals surface area (Å²) in [5.41, 5.74) is 5.05. The van der Waals surface area contributed by atoms with Crippen LogP contribution in [0.2, 0.25) is 5.02 Å². The van der Waals surface area contributed by atoms with Gasteiger partial charge in [-0.2, -0.15) is 0 Å². The Bertz CT molecular complexity index is 1630. The highest BCUT2D eigenvalue weighted by Crippen LogP contribution is 2.30. The topological polar surface area (TPSA) is 93.0 Å². The number of morpholine rings is 1.